The highest BCUT2D eigenvalue weighted by molar-refractivity contribution is 5.98. The van der Waals surface area contributed by atoms with Crippen LogP contribution in [0.1, 0.15) is 26.2 Å². The molecule has 0 heterocycles. The normalized spacial score (nSPS) is 11.6. The first kappa shape index (κ1) is 14.1. The van der Waals surface area contributed by atoms with E-state index in [1.165, 1.54) is 6.92 Å². The fourth-order valence-electron chi connectivity index (χ4n) is 0.997. The number of hydrogen-bond acceptors (Lipinski definition) is 4. The predicted octanol–water partition coefficient (Wildman–Crippen LogP) is -0.600. The largest absolute Gasteiger partial charge is 0.481 e. The maximum absolute atomic E-state index is 11.1. The quantitative estimate of drug-likeness (QED) is 0.503. The molecule has 7 heteroatoms. The van der Waals surface area contributed by atoms with Gasteiger partial charge in [0.2, 0.25) is 5.91 Å². The first-order valence-electron chi connectivity index (χ1n) is 4.56. The second-order valence-electron chi connectivity index (χ2n) is 3.27. The molecule has 1 unspecified atom stereocenters. The number of hydrogen-bond donors (Lipinski definition) is 3. The van der Waals surface area contributed by atoms with Gasteiger partial charge in [0.05, 0.1) is 6.42 Å². The van der Waals surface area contributed by atoms with E-state index in [-0.39, 0.29) is 18.6 Å². The number of ketones is 1. The van der Waals surface area contributed by atoms with Gasteiger partial charge in [0.1, 0.15) is 11.8 Å². The van der Waals surface area contributed by atoms with Crippen LogP contribution >= 0.6 is 0 Å². The third kappa shape index (κ3) is 6.52. The number of rotatable bonds is 7. The summed E-state index contributed by atoms with van der Waals surface area (Å²) in [7, 11) is 0. The van der Waals surface area contributed by atoms with Gasteiger partial charge in [0.25, 0.3) is 0 Å². The summed E-state index contributed by atoms with van der Waals surface area (Å²) in [5.41, 5.74) is 0. The number of amides is 1. The van der Waals surface area contributed by atoms with Crippen molar-refractivity contribution in [3.8, 4) is 0 Å². The van der Waals surface area contributed by atoms with Gasteiger partial charge in [0.15, 0.2) is 0 Å². The van der Waals surface area contributed by atoms with Crippen molar-refractivity contribution in [2.75, 3.05) is 0 Å². The van der Waals surface area contributed by atoms with E-state index in [2.05, 4.69) is 5.32 Å². The molecular formula is C9H13NO6. The van der Waals surface area contributed by atoms with Crippen LogP contribution in [-0.4, -0.2) is 39.9 Å². The van der Waals surface area contributed by atoms with Gasteiger partial charge in [-0.3, -0.25) is 14.4 Å². The highest BCUT2D eigenvalue weighted by Gasteiger charge is 2.21. The van der Waals surface area contributed by atoms with Crippen molar-refractivity contribution in [2.45, 2.75) is 32.2 Å². The van der Waals surface area contributed by atoms with Crippen molar-refractivity contribution in [3.63, 3.8) is 0 Å². The van der Waals surface area contributed by atoms with Crippen molar-refractivity contribution >= 4 is 23.6 Å². The van der Waals surface area contributed by atoms with Gasteiger partial charge in [-0.15, -0.1) is 0 Å². The zero-order chi connectivity index (χ0) is 12.7. The fraction of sp³-hybridized carbons (Fsp3) is 0.556. The van der Waals surface area contributed by atoms with Gasteiger partial charge in [-0.2, -0.15) is 0 Å². The van der Waals surface area contributed by atoms with E-state index < -0.39 is 30.3 Å². The fourth-order valence-corrected chi connectivity index (χ4v) is 0.997. The average Bonchev–Trinajstić information content (AvgIpc) is 2.09. The lowest BCUT2D eigenvalue weighted by molar-refractivity contribution is -0.143. The summed E-state index contributed by atoms with van der Waals surface area (Å²) in [6, 6.07) is -1.28. The smallest absolute Gasteiger partial charge is 0.326 e. The molecule has 7 nitrogen and oxygen atoms in total. The van der Waals surface area contributed by atoms with Crippen LogP contribution in [0.4, 0.5) is 0 Å². The summed E-state index contributed by atoms with van der Waals surface area (Å²) in [4.78, 5) is 42.5. The van der Waals surface area contributed by atoms with Crippen LogP contribution in [0.15, 0.2) is 0 Å². The van der Waals surface area contributed by atoms with Gasteiger partial charge in [-0.1, -0.05) is 0 Å². The Hall–Kier alpha value is -1.92. The standard InChI is InChI=1S/C9H13NO6/c1-5(11)4-7(12)10-6(9(15)16)2-3-8(13)14/h6H,2-4H2,1H3,(H,10,12)(H,13,14)(H,15,16). The number of carbonyl (C=O) groups is 4. The number of carboxylic acids is 2. The van der Waals surface area contributed by atoms with Crippen LogP contribution in [0.3, 0.4) is 0 Å². The first-order chi connectivity index (χ1) is 7.32. The van der Waals surface area contributed by atoms with Gasteiger partial charge in [0, 0.05) is 6.42 Å². The third-order valence-corrected chi connectivity index (χ3v) is 1.69. The van der Waals surface area contributed by atoms with Crippen molar-refractivity contribution < 1.29 is 29.4 Å². The predicted molar refractivity (Wildman–Crippen MR) is 51.7 cm³/mol. The number of Topliss-reactive ketones (excluding diaryl/α,β-unsaturated/α-hetero) is 1. The molecule has 0 spiro atoms. The molecule has 0 aliphatic heterocycles. The molecule has 0 bridgehead atoms. The minimum Gasteiger partial charge on any atom is -0.481 e. The molecule has 0 fully saturated rings. The van der Waals surface area contributed by atoms with E-state index in [4.69, 9.17) is 10.2 Å². The number of nitrogens with one attached hydrogen (secondary N) is 1. The molecule has 0 aromatic rings. The highest BCUT2D eigenvalue weighted by Crippen LogP contribution is 1.99. The Labute approximate surface area is 91.4 Å². The topological polar surface area (TPSA) is 121 Å². The monoisotopic (exact) mass is 231 g/mol. The molecule has 90 valence electrons. The van der Waals surface area contributed by atoms with Crippen molar-refractivity contribution in [1.29, 1.82) is 0 Å². The van der Waals surface area contributed by atoms with Crippen molar-refractivity contribution in [1.82, 2.24) is 5.32 Å². The third-order valence-electron chi connectivity index (χ3n) is 1.69. The van der Waals surface area contributed by atoms with Crippen molar-refractivity contribution in [3.05, 3.63) is 0 Å². The van der Waals surface area contributed by atoms with E-state index in [1.807, 2.05) is 0 Å². The van der Waals surface area contributed by atoms with Crippen LogP contribution in [0, 0.1) is 0 Å². The molecule has 3 N–H and O–H groups in total. The first-order valence-corrected chi connectivity index (χ1v) is 4.56. The summed E-state index contributed by atoms with van der Waals surface area (Å²) >= 11 is 0. The van der Waals surface area contributed by atoms with Crippen LogP contribution in [0.2, 0.25) is 0 Å². The summed E-state index contributed by atoms with van der Waals surface area (Å²) in [5.74, 6) is -3.57. The highest BCUT2D eigenvalue weighted by atomic mass is 16.4. The number of carboxylic acid groups (broad SMARTS) is 2. The minimum atomic E-state index is -1.32. The Balaban J connectivity index is 4.22. The van der Waals surface area contributed by atoms with E-state index >= 15 is 0 Å². The lowest BCUT2D eigenvalue weighted by atomic mass is 10.1. The molecule has 16 heavy (non-hydrogen) atoms. The molecule has 0 saturated carbocycles. The zero-order valence-electron chi connectivity index (χ0n) is 8.73. The molecule has 0 saturated heterocycles. The summed E-state index contributed by atoms with van der Waals surface area (Å²) < 4.78 is 0. The molecule has 0 rings (SSSR count). The van der Waals surface area contributed by atoms with Crippen LogP contribution in [0.5, 0.6) is 0 Å². The number of aliphatic carboxylic acids is 2. The molecule has 0 aliphatic rings. The Kier molecular flexibility index (Phi) is 5.76. The molecule has 0 aromatic heterocycles. The average molecular weight is 231 g/mol. The molecule has 0 aromatic carbocycles. The minimum absolute atomic E-state index is 0.214. The summed E-state index contributed by atoms with van der Waals surface area (Å²) in [5, 5.41) is 19.1. The Bertz CT molecular complexity index is 311. The second-order valence-corrected chi connectivity index (χ2v) is 3.27. The van der Waals surface area contributed by atoms with Gasteiger partial charge < -0.3 is 15.5 Å². The van der Waals surface area contributed by atoms with Crippen molar-refractivity contribution in [2.24, 2.45) is 0 Å². The zero-order valence-corrected chi connectivity index (χ0v) is 8.73. The van der Waals surface area contributed by atoms with Gasteiger partial charge in [-0.25, -0.2) is 4.79 Å². The lowest BCUT2D eigenvalue weighted by Crippen LogP contribution is -2.41. The van der Waals surface area contributed by atoms with E-state index in [0.717, 1.165) is 0 Å². The maximum atomic E-state index is 11.1. The number of carbonyl (C=O) groups excluding carboxylic acids is 2. The van der Waals surface area contributed by atoms with Crippen LogP contribution in [-0.2, 0) is 19.2 Å². The van der Waals surface area contributed by atoms with Crippen LogP contribution in [0.25, 0.3) is 0 Å². The SMILES string of the molecule is CC(=O)CC(=O)NC(CCC(=O)O)C(=O)O. The molecule has 0 aliphatic carbocycles. The van der Waals surface area contributed by atoms with E-state index in [9.17, 15) is 19.2 Å². The molecule has 1 amide bonds. The Morgan fingerprint density at radius 3 is 2.12 bits per heavy atom. The lowest BCUT2D eigenvalue weighted by Gasteiger charge is -2.12. The maximum Gasteiger partial charge on any atom is 0.326 e. The van der Waals surface area contributed by atoms with E-state index in [1.54, 1.807) is 0 Å². The second kappa shape index (κ2) is 6.54. The van der Waals surface area contributed by atoms with Gasteiger partial charge in [-0.05, 0) is 13.3 Å². The van der Waals surface area contributed by atoms with E-state index in [0.29, 0.717) is 0 Å². The summed E-state index contributed by atoms with van der Waals surface area (Å²) in [6.07, 6.45) is -0.984. The molecule has 0 radical (unpaired) electrons. The molecule has 1 atom stereocenters. The Morgan fingerprint density at radius 2 is 1.75 bits per heavy atom. The summed E-state index contributed by atoms with van der Waals surface area (Å²) in [6.45, 7) is 1.20. The van der Waals surface area contributed by atoms with Gasteiger partial charge >= 0.3 is 11.9 Å². The van der Waals surface area contributed by atoms with Crippen LogP contribution < -0.4 is 5.32 Å². The molecular weight excluding hydrogens is 218 g/mol. The Morgan fingerprint density at radius 1 is 1.19 bits per heavy atom.